The van der Waals surface area contributed by atoms with E-state index in [-0.39, 0.29) is 6.04 Å². The standard InChI is InChI=1S/C17H18N2O2/c1-11-14-10-13(20-3)7-8-15(14)21-17(11)12(2)19-16-6-4-5-9-18-16/h4-10,12H,1-3H3,(H,18,19). The summed E-state index contributed by atoms with van der Waals surface area (Å²) in [5.74, 6) is 2.59. The topological polar surface area (TPSA) is 47.3 Å². The lowest BCUT2D eigenvalue weighted by Gasteiger charge is -2.12. The maximum atomic E-state index is 5.99. The van der Waals surface area contributed by atoms with E-state index in [4.69, 9.17) is 9.15 Å². The van der Waals surface area contributed by atoms with E-state index < -0.39 is 0 Å². The first kappa shape index (κ1) is 13.5. The van der Waals surface area contributed by atoms with Gasteiger partial charge >= 0.3 is 0 Å². The van der Waals surface area contributed by atoms with Crippen molar-refractivity contribution in [2.75, 3.05) is 12.4 Å². The number of hydrogen-bond acceptors (Lipinski definition) is 4. The molecule has 4 nitrogen and oxygen atoms in total. The lowest BCUT2D eigenvalue weighted by Crippen LogP contribution is -2.07. The largest absolute Gasteiger partial charge is 0.497 e. The lowest BCUT2D eigenvalue weighted by atomic mass is 10.1. The minimum atomic E-state index is 0.0401. The molecule has 0 fully saturated rings. The zero-order valence-electron chi connectivity index (χ0n) is 12.4. The van der Waals surface area contributed by atoms with Crippen LogP contribution in [-0.4, -0.2) is 12.1 Å². The van der Waals surface area contributed by atoms with Crippen molar-refractivity contribution in [2.24, 2.45) is 0 Å². The van der Waals surface area contributed by atoms with E-state index in [0.29, 0.717) is 0 Å². The van der Waals surface area contributed by atoms with Crippen LogP contribution in [0.2, 0.25) is 0 Å². The van der Waals surface area contributed by atoms with E-state index in [2.05, 4.69) is 24.1 Å². The number of nitrogens with zero attached hydrogens (tertiary/aromatic N) is 1. The molecule has 4 heteroatoms. The van der Waals surface area contributed by atoms with Crippen molar-refractivity contribution in [1.82, 2.24) is 4.98 Å². The summed E-state index contributed by atoms with van der Waals surface area (Å²) in [5.41, 5.74) is 2.00. The number of hydrogen-bond donors (Lipinski definition) is 1. The molecule has 0 bridgehead atoms. The molecular weight excluding hydrogens is 264 g/mol. The minimum Gasteiger partial charge on any atom is -0.497 e. The van der Waals surface area contributed by atoms with Crippen LogP contribution in [0.5, 0.6) is 5.75 Å². The first-order valence-electron chi connectivity index (χ1n) is 6.93. The Kier molecular flexibility index (Phi) is 3.52. The molecule has 1 N–H and O–H groups in total. The number of anilines is 1. The second-order valence-corrected chi connectivity index (χ2v) is 5.03. The molecule has 3 rings (SSSR count). The Labute approximate surface area is 123 Å². The molecule has 21 heavy (non-hydrogen) atoms. The van der Waals surface area contributed by atoms with Gasteiger partial charge in [0.05, 0.1) is 13.2 Å². The van der Waals surface area contributed by atoms with Crippen molar-refractivity contribution >= 4 is 16.8 Å². The predicted molar refractivity (Wildman–Crippen MR) is 83.8 cm³/mol. The third-order valence-electron chi connectivity index (χ3n) is 3.60. The maximum Gasteiger partial charge on any atom is 0.134 e. The van der Waals surface area contributed by atoms with Crippen LogP contribution in [-0.2, 0) is 0 Å². The Morgan fingerprint density at radius 2 is 2.10 bits per heavy atom. The molecular formula is C17H18N2O2. The second-order valence-electron chi connectivity index (χ2n) is 5.03. The maximum absolute atomic E-state index is 5.99. The van der Waals surface area contributed by atoms with E-state index in [1.807, 2.05) is 36.4 Å². The third kappa shape index (κ3) is 2.57. The number of ether oxygens (including phenoxy) is 1. The molecule has 2 heterocycles. The number of nitrogens with one attached hydrogen (secondary N) is 1. The zero-order valence-corrected chi connectivity index (χ0v) is 12.4. The van der Waals surface area contributed by atoms with Gasteiger partial charge in [0.1, 0.15) is 22.9 Å². The fourth-order valence-corrected chi connectivity index (χ4v) is 2.49. The SMILES string of the molecule is COc1ccc2oc(C(C)Nc3ccccn3)c(C)c2c1. The molecule has 2 aromatic heterocycles. The molecule has 1 unspecified atom stereocenters. The van der Waals surface area contributed by atoms with Crippen molar-refractivity contribution < 1.29 is 9.15 Å². The van der Waals surface area contributed by atoms with Gasteiger partial charge in [-0.05, 0) is 44.2 Å². The zero-order chi connectivity index (χ0) is 14.8. The summed E-state index contributed by atoms with van der Waals surface area (Å²) < 4.78 is 11.3. The monoisotopic (exact) mass is 282 g/mol. The van der Waals surface area contributed by atoms with Gasteiger partial charge in [0.25, 0.3) is 0 Å². The average molecular weight is 282 g/mol. The third-order valence-corrected chi connectivity index (χ3v) is 3.60. The van der Waals surface area contributed by atoms with E-state index in [0.717, 1.165) is 33.9 Å². The minimum absolute atomic E-state index is 0.0401. The number of furan rings is 1. The normalized spacial score (nSPS) is 12.3. The summed E-state index contributed by atoms with van der Waals surface area (Å²) in [6.45, 7) is 4.13. The first-order valence-corrected chi connectivity index (χ1v) is 6.93. The van der Waals surface area contributed by atoms with Gasteiger partial charge in [-0.1, -0.05) is 6.07 Å². The summed E-state index contributed by atoms with van der Waals surface area (Å²) in [6, 6.07) is 11.7. The van der Waals surface area contributed by atoms with Crippen molar-refractivity contribution in [2.45, 2.75) is 19.9 Å². The molecule has 1 atom stereocenters. The van der Waals surface area contributed by atoms with Crippen LogP contribution < -0.4 is 10.1 Å². The highest BCUT2D eigenvalue weighted by atomic mass is 16.5. The van der Waals surface area contributed by atoms with Crippen LogP contribution in [0.15, 0.2) is 47.0 Å². The van der Waals surface area contributed by atoms with Crippen LogP contribution in [0.1, 0.15) is 24.3 Å². The van der Waals surface area contributed by atoms with Crippen LogP contribution in [0.3, 0.4) is 0 Å². The fraction of sp³-hybridized carbons (Fsp3) is 0.235. The predicted octanol–water partition coefficient (Wildman–Crippen LogP) is 4.32. The molecule has 0 aliphatic heterocycles. The van der Waals surface area contributed by atoms with E-state index in [9.17, 15) is 0 Å². The number of aromatic nitrogens is 1. The van der Waals surface area contributed by atoms with Crippen molar-refractivity contribution in [3.63, 3.8) is 0 Å². The number of pyridine rings is 1. The van der Waals surface area contributed by atoms with Gasteiger partial charge in [0, 0.05) is 17.1 Å². The van der Waals surface area contributed by atoms with Gasteiger partial charge in [-0.2, -0.15) is 0 Å². The second kappa shape index (κ2) is 5.48. The van der Waals surface area contributed by atoms with Gasteiger partial charge in [-0.3, -0.25) is 0 Å². The highest BCUT2D eigenvalue weighted by Crippen LogP contribution is 2.32. The number of aryl methyl sites for hydroxylation is 1. The molecule has 0 spiro atoms. The lowest BCUT2D eigenvalue weighted by molar-refractivity contribution is 0.415. The van der Waals surface area contributed by atoms with Crippen molar-refractivity contribution in [1.29, 1.82) is 0 Å². The number of rotatable bonds is 4. The van der Waals surface area contributed by atoms with Gasteiger partial charge in [-0.15, -0.1) is 0 Å². The summed E-state index contributed by atoms with van der Waals surface area (Å²) in [7, 11) is 1.67. The first-order chi connectivity index (χ1) is 10.2. The molecule has 0 saturated carbocycles. The number of methoxy groups -OCH3 is 1. The van der Waals surface area contributed by atoms with Gasteiger partial charge in [0.2, 0.25) is 0 Å². The Morgan fingerprint density at radius 1 is 1.24 bits per heavy atom. The molecule has 108 valence electrons. The van der Waals surface area contributed by atoms with E-state index in [1.54, 1.807) is 13.3 Å². The van der Waals surface area contributed by atoms with Crippen LogP contribution in [0, 0.1) is 6.92 Å². The molecule has 0 aliphatic carbocycles. The highest BCUT2D eigenvalue weighted by Gasteiger charge is 2.17. The highest BCUT2D eigenvalue weighted by molar-refractivity contribution is 5.83. The Morgan fingerprint density at radius 3 is 2.81 bits per heavy atom. The van der Waals surface area contributed by atoms with E-state index >= 15 is 0 Å². The summed E-state index contributed by atoms with van der Waals surface area (Å²) in [6.07, 6.45) is 1.77. The summed E-state index contributed by atoms with van der Waals surface area (Å²) >= 11 is 0. The van der Waals surface area contributed by atoms with Crippen LogP contribution in [0.25, 0.3) is 11.0 Å². The Hall–Kier alpha value is -2.49. The van der Waals surface area contributed by atoms with Crippen LogP contribution >= 0.6 is 0 Å². The Bertz CT molecular complexity index is 750. The molecule has 0 aliphatic rings. The Balaban J connectivity index is 1.94. The molecule has 0 radical (unpaired) electrons. The van der Waals surface area contributed by atoms with Gasteiger partial charge in [0.15, 0.2) is 0 Å². The average Bonchev–Trinajstić information content (AvgIpc) is 2.85. The number of benzene rings is 1. The van der Waals surface area contributed by atoms with E-state index in [1.165, 1.54) is 0 Å². The van der Waals surface area contributed by atoms with Crippen molar-refractivity contribution in [3.05, 3.63) is 53.9 Å². The summed E-state index contributed by atoms with van der Waals surface area (Å²) in [5, 5.41) is 4.43. The summed E-state index contributed by atoms with van der Waals surface area (Å²) in [4.78, 5) is 4.28. The van der Waals surface area contributed by atoms with Crippen LogP contribution in [0.4, 0.5) is 5.82 Å². The molecule has 1 aromatic carbocycles. The molecule has 0 saturated heterocycles. The quantitative estimate of drug-likeness (QED) is 0.774. The van der Waals surface area contributed by atoms with Gasteiger partial charge in [-0.25, -0.2) is 4.98 Å². The fourth-order valence-electron chi connectivity index (χ4n) is 2.49. The van der Waals surface area contributed by atoms with Crippen molar-refractivity contribution in [3.8, 4) is 5.75 Å². The smallest absolute Gasteiger partial charge is 0.134 e. The molecule has 0 amide bonds. The van der Waals surface area contributed by atoms with Gasteiger partial charge < -0.3 is 14.5 Å². The number of fused-ring (bicyclic) bond motifs is 1. The molecule has 3 aromatic rings.